The zero-order valence-corrected chi connectivity index (χ0v) is 26.1. The van der Waals surface area contributed by atoms with Crippen molar-refractivity contribution in [1.82, 2.24) is 14.4 Å². The highest BCUT2D eigenvalue weighted by Gasteiger charge is 2.16. The Labute approximate surface area is 282 Å². The molecule has 4 aromatic carbocycles. The third kappa shape index (κ3) is 6.89. The number of oxime groups is 1. The van der Waals surface area contributed by atoms with Crippen molar-refractivity contribution in [3.8, 4) is 39.7 Å². The molecule has 0 atom stereocenters. The highest BCUT2D eigenvalue weighted by Crippen LogP contribution is 2.33. The minimum absolute atomic E-state index is 0.216. The van der Waals surface area contributed by atoms with Crippen molar-refractivity contribution in [2.45, 2.75) is 6.61 Å². The summed E-state index contributed by atoms with van der Waals surface area (Å²) < 4.78 is 1.99. The number of imidazole rings is 1. The number of rotatable bonds is 10. The average molecular weight is 641 g/mol. The van der Waals surface area contributed by atoms with Crippen LogP contribution in [0, 0.1) is 11.3 Å². The number of aromatic nitrogens is 3. The first kappa shape index (κ1) is 30.6. The second-order valence-corrected chi connectivity index (χ2v) is 11.2. The van der Waals surface area contributed by atoms with E-state index in [0.717, 1.165) is 61.9 Å². The highest BCUT2D eigenvalue weighted by atomic mass is 16.6. The zero-order valence-electron chi connectivity index (χ0n) is 26.1. The standard InChI is InChI=1S/C40H28N6O3/c41-23-29-10-19-36(42-24-29)31-11-6-27(7-12-31)25-43-49-26-28-8-13-32(14-9-28)38-39(44-35-17-15-33(16-18-35)40(47)48)46-21-20-34(22-37(46)45-38)30-4-2-1-3-5-30/h1-22,24-25,44H,26H2,(H,47,48). The van der Waals surface area contributed by atoms with Crippen LogP contribution in [0.4, 0.5) is 11.5 Å². The summed E-state index contributed by atoms with van der Waals surface area (Å²) in [5.74, 6) is -0.218. The Morgan fingerprint density at radius 3 is 2.31 bits per heavy atom. The number of hydrogen-bond donors (Lipinski definition) is 2. The molecule has 0 radical (unpaired) electrons. The Morgan fingerprint density at radius 1 is 0.857 bits per heavy atom. The molecule has 0 aliphatic carbocycles. The van der Waals surface area contributed by atoms with Crippen LogP contribution in [0.2, 0.25) is 0 Å². The maximum Gasteiger partial charge on any atom is 0.335 e. The van der Waals surface area contributed by atoms with E-state index in [-0.39, 0.29) is 12.2 Å². The van der Waals surface area contributed by atoms with E-state index in [4.69, 9.17) is 15.1 Å². The molecule has 0 spiro atoms. The lowest BCUT2D eigenvalue weighted by molar-refractivity contribution is 0.0697. The highest BCUT2D eigenvalue weighted by molar-refractivity contribution is 5.88. The van der Waals surface area contributed by atoms with Gasteiger partial charge in [-0.25, -0.2) is 9.78 Å². The first-order valence-electron chi connectivity index (χ1n) is 15.4. The van der Waals surface area contributed by atoms with Crippen LogP contribution < -0.4 is 5.32 Å². The lowest BCUT2D eigenvalue weighted by Crippen LogP contribution is -1.99. The summed E-state index contributed by atoms with van der Waals surface area (Å²) in [7, 11) is 0. The maximum atomic E-state index is 11.4. The fourth-order valence-corrected chi connectivity index (χ4v) is 5.35. The van der Waals surface area contributed by atoms with Gasteiger partial charge in [-0.1, -0.05) is 84.0 Å². The summed E-state index contributed by atoms with van der Waals surface area (Å²) in [4.78, 5) is 26.3. The number of aromatic carboxylic acids is 1. The SMILES string of the molecule is N#Cc1ccc(-c2ccc(C=NOCc3ccc(-c4nc5cc(-c6ccccc6)ccn5c4Nc4ccc(C(=O)O)cc4)cc3)cc2)nc1. The molecule has 49 heavy (non-hydrogen) atoms. The summed E-state index contributed by atoms with van der Waals surface area (Å²) in [6.07, 6.45) is 5.20. The predicted octanol–water partition coefficient (Wildman–Crippen LogP) is 8.59. The summed E-state index contributed by atoms with van der Waals surface area (Å²) in [6.45, 7) is 0.288. The van der Waals surface area contributed by atoms with Gasteiger partial charge in [0.25, 0.3) is 0 Å². The monoisotopic (exact) mass is 640 g/mol. The van der Waals surface area contributed by atoms with E-state index >= 15 is 0 Å². The van der Waals surface area contributed by atoms with Crippen molar-refractivity contribution in [1.29, 1.82) is 5.26 Å². The van der Waals surface area contributed by atoms with E-state index in [1.165, 1.54) is 0 Å². The van der Waals surface area contributed by atoms with Crippen LogP contribution in [0.1, 0.15) is 27.0 Å². The molecule has 7 aromatic rings. The molecule has 0 fully saturated rings. The fourth-order valence-electron chi connectivity index (χ4n) is 5.35. The molecule has 9 nitrogen and oxygen atoms in total. The molecule has 0 unspecified atom stereocenters. The molecule has 2 N–H and O–H groups in total. The summed E-state index contributed by atoms with van der Waals surface area (Å²) in [5, 5.41) is 25.9. The van der Waals surface area contributed by atoms with Gasteiger partial charge < -0.3 is 15.3 Å². The van der Waals surface area contributed by atoms with Gasteiger partial charge in [-0.05, 0) is 70.8 Å². The molecule has 0 aliphatic rings. The Balaban J connectivity index is 1.08. The molecular weight excluding hydrogens is 612 g/mol. The van der Waals surface area contributed by atoms with Gasteiger partial charge >= 0.3 is 5.97 Å². The van der Waals surface area contributed by atoms with Gasteiger partial charge in [-0.15, -0.1) is 0 Å². The van der Waals surface area contributed by atoms with Gasteiger partial charge in [-0.3, -0.25) is 9.38 Å². The quantitative estimate of drug-likeness (QED) is 0.113. The smallest absolute Gasteiger partial charge is 0.335 e. The van der Waals surface area contributed by atoms with Crippen molar-refractivity contribution in [3.05, 3.63) is 162 Å². The van der Waals surface area contributed by atoms with E-state index in [9.17, 15) is 9.90 Å². The molecule has 0 saturated heterocycles. The number of benzene rings is 4. The van der Waals surface area contributed by atoms with E-state index in [0.29, 0.717) is 5.56 Å². The molecule has 3 aromatic heterocycles. The molecule has 236 valence electrons. The molecule has 0 aliphatic heterocycles. The molecule has 0 saturated carbocycles. The molecule has 3 heterocycles. The maximum absolute atomic E-state index is 11.4. The number of anilines is 2. The van der Waals surface area contributed by atoms with Gasteiger partial charge in [0.15, 0.2) is 0 Å². The topological polar surface area (TPSA) is 125 Å². The number of carboxylic acids is 1. The minimum Gasteiger partial charge on any atom is -0.478 e. The van der Waals surface area contributed by atoms with Crippen LogP contribution in [0.15, 0.2) is 145 Å². The summed E-state index contributed by atoms with van der Waals surface area (Å²) in [6, 6.07) is 42.2. The summed E-state index contributed by atoms with van der Waals surface area (Å²) in [5.41, 5.74) is 9.60. The second-order valence-electron chi connectivity index (χ2n) is 11.2. The van der Waals surface area contributed by atoms with Crippen molar-refractivity contribution in [2.24, 2.45) is 5.16 Å². The number of nitriles is 1. The van der Waals surface area contributed by atoms with Crippen molar-refractivity contribution >= 4 is 29.3 Å². The van der Waals surface area contributed by atoms with Crippen molar-refractivity contribution in [2.75, 3.05) is 5.32 Å². The predicted molar refractivity (Wildman–Crippen MR) is 190 cm³/mol. The van der Waals surface area contributed by atoms with Gasteiger partial charge in [0.05, 0.1) is 23.0 Å². The Morgan fingerprint density at radius 2 is 1.61 bits per heavy atom. The zero-order chi connectivity index (χ0) is 33.6. The number of carboxylic acid groups (broad SMARTS) is 1. The number of nitrogens with one attached hydrogen (secondary N) is 1. The van der Waals surface area contributed by atoms with Gasteiger partial charge in [0.2, 0.25) is 0 Å². The van der Waals surface area contributed by atoms with E-state index in [2.05, 4.69) is 45.8 Å². The van der Waals surface area contributed by atoms with E-state index in [1.807, 2.05) is 83.4 Å². The van der Waals surface area contributed by atoms with E-state index in [1.54, 1.807) is 42.7 Å². The van der Waals surface area contributed by atoms with E-state index < -0.39 is 5.97 Å². The summed E-state index contributed by atoms with van der Waals surface area (Å²) >= 11 is 0. The minimum atomic E-state index is -0.974. The van der Waals surface area contributed by atoms with Crippen LogP contribution in [0.25, 0.3) is 39.3 Å². The molecule has 9 heteroatoms. The van der Waals surface area contributed by atoms with Crippen LogP contribution in [0.5, 0.6) is 0 Å². The third-order valence-electron chi connectivity index (χ3n) is 7.96. The van der Waals surface area contributed by atoms with Gasteiger partial charge in [0, 0.05) is 29.2 Å². The number of carbonyl (C=O) groups is 1. The lowest BCUT2D eigenvalue weighted by atomic mass is 10.1. The number of pyridine rings is 2. The number of nitrogens with zero attached hydrogens (tertiary/aromatic N) is 5. The molecule has 0 bridgehead atoms. The first-order valence-corrected chi connectivity index (χ1v) is 15.4. The first-order chi connectivity index (χ1) is 24.0. The number of hydrogen-bond acceptors (Lipinski definition) is 7. The van der Waals surface area contributed by atoms with Crippen LogP contribution in [0.3, 0.4) is 0 Å². The fraction of sp³-hybridized carbons (Fsp3) is 0.0250. The van der Waals surface area contributed by atoms with Crippen LogP contribution in [-0.2, 0) is 11.4 Å². The van der Waals surface area contributed by atoms with Gasteiger partial charge in [0.1, 0.15) is 29.8 Å². The second kappa shape index (κ2) is 13.7. The molecular formula is C40H28N6O3. The lowest BCUT2D eigenvalue weighted by Gasteiger charge is -2.10. The molecule has 7 rings (SSSR count). The normalized spacial score (nSPS) is 11.0. The Kier molecular flexibility index (Phi) is 8.58. The van der Waals surface area contributed by atoms with Crippen LogP contribution in [-0.4, -0.2) is 31.7 Å². The average Bonchev–Trinajstić information content (AvgIpc) is 3.51. The Bertz CT molecular complexity index is 2310. The Hall–Kier alpha value is -7.05. The van der Waals surface area contributed by atoms with Crippen LogP contribution >= 0.6 is 0 Å². The van der Waals surface area contributed by atoms with Gasteiger partial charge in [-0.2, -0.15) is 5.26 Å². The molecule has 0 amide bonds. The number of fused-ring (bicyclic) bond motifs is 1. The third-order valence-corrected chi connectivity index (χ3v) is 7.96. The largest absolute Gasteiger partial charge is 0.478 e. The van der Waals surface area contributed by atoms with Crippen molar-refractivity contribution in [3.63, 3.8) is 0 Å². The van der Waals surface area contributed by atoms with Crippen molar-refractivity contribution < 1.29 is 14.7 Å².